The van der Waals surface area contributed by atoms with Crippen molar-refractivity contribution in [2.24, 2.45) is 0 Å². The van der Waals surface area contributed by atoms with E-state index in [4.69, 9.17) is 33.7 Å². The van der Waals surface area contributed by atoms with Crippen molar-refractivity contribution in [3.8, 4) is 5.75 Å². The summed E-state index contributed by atoms with van der Waals surface area (Å²) in [5.41, 5.74) is 2.05. The number of anilines is 4. The quantitative estimate of drug-likeness (QED) is 0.0271. The highest BCUT2D eigenvalue weighted by Crippen LogP contribution is 2.49. The van der Waals surface area contributed by atoms with Crippen LogP contribution in [0.2, 0.25) is 0 Å². The molecule has 3 aliphatic rings. The molecule has 458 valence electrons. The zero-order chi connectivity index (χ0) is 61.4. The van der Waals surface area contributed by atoms with Gasteiger partial charge in [0.1, 0.15) is 46.9 Å². The molecular formula is C48H63F5N17O13P. The normalized spacial score (nSPS) is 28.6. The van der Waals surface area contributed by atoms with E-state index < -0.39 is 130 Å². The third kappa shape index (κ3) is 12.3. The average Bonchev–Trinajstić information content (AvgIpc) is 2.80. The van der Waals surface area contributed by atoms with Crippen molar-refractivity contribution in [1.29, 1.82) is 0 Å². The summed E-state index contributed by atoms with van der Waals surface area (Å²) in [6.07, 6.45) is -13.1. The Bertz CT molecular complexity index is 3390. The molecule has 0 saturated carbocycles. The summed E-state index contributed by atoms with van der Waals surface area (Å²) >= 11 is 0. The fraction of sp³-hybridized carbons (Fsp3) is 0.542. The smallest absolute Gasteiger partial charge is 0.459 e. The Kier molecular flexibility index (Phi) is 18.6. The van der Waals surface area contributed by atoms with Crippen molar-refractivity contribution in [2.75, 3.05) is 62.6 Å². The van der Waals surface area contributed by atoms with Crippen LogP contribution in [0.5, 0.6) is 5.75 Å². The Morgan fingerprint density at radius 3 is 1.45 bits per heavy atom. The van der Waals surface area contributed by atoms with Gasteiger partial charge in [0, 0.05) is 21.1 Å². The van der Waals surface area contributed by atoms with Crippen LogP contribution in [0.4, 0.5) is 45.4 Å². The third-order valence-electron chi connectivity index (χ3n) is 13.7. The van der Waals surface area contributed by atoms with E-state index in [-0.39, 0.29) is 51.3 Å². The molecule has 3 saturated heterocycles. The Labute approximate surface area is 473 Å². The molecule has 6 aromatic heterocycles. The van der Waals surface area contributed by atoms with Gasteiger partial charge in [-0.2, -0.15) is 43.8 Å². The highest BCUT2D eigenvalue weighted by molar-refractivity contribution is 7.52. The number of benzene rings is 1. The number of nitrogens with two attached hydrogens (primary N) is 1. The van der Waals surface area contributed by atoms with Gasteiger partial charge in [0.05, 0.1) is 44.9 Å². The number of aromatic nitrogens is 12. The molecule has 1 aromatic carbocycles. The van der Waals surface area contributed by atoms with Crippen molar-refractivity contribution in [1.82, 2.24) is 63.6 Å². The molecule has 0 amide bonds. The first-order chi connectivity index (χ1) is 39.7. The largest absolute Gasteiger partial charge is 0.462 e. The van der Waals surface area contributed by atoms with Crippen LogP contribution in [0.3, 0.4) is 0 Å². The summed E-state index contributed by atoms with van der Waals surface area (Å²) in [7, 11) is 0.364. The van der Waals surface area contributed by atoms with Gasteiger partial charge in [-0.1, -0.05) is 18.2 Å². The molecule has 30 nitrogen and oxygen atoms in total. The minimum atomic E-state index is -4.33. The highest BCUT2D eigenvalue weighted by Gasteiger charge is 2.56. The first-order valence-corrected chi connectivity index (χ1v) is 27.2. The van der Waals surface area contributed by atoms with Gasteiger partial charge in [0.2, 0.25) is 5.95 Å². The lowest BCUT2D eigenvalue weighted by molar-refractivity contribution is -0.149. The van der Waals surface area contributed by atoms with Crippen LogP contribution in [0.1, 0.15) is 60.2 Å². The van der Waals surface area contributed by atoms with Gasteiger partial charge in [-0.3, -0.25) is 23.0 Å². The first-order valence-electron chi connectivity index (χ1n) is 25.7. The maximum Gasteiger partial charge on any atom is 0.459 e. The molecule has 10 rings (SSSR count). The maximum absolute atomic E-state index is 15.4. The van der Waals surface area contributed by atoms with E-state index in [0.29, 0.717) is 11.3 Å². The molecule has 7 aromatic rings. The maximum atomic E-state index is 15.4. The molecule has 3 aliphatic heterocycles. The number of imidazole rings is 3. The van der Waals surface area contributed by atoms with E-state index in [2.05, 4.69) is 65.9 Å². The fourth-order valence-electron chi connectivity index (χ4n) is 9.06. The predicted octanol–water partition coefficient (Wildman–Crippen LogP) is 2.54. The fourth-order valence-corrected chi connectivity index (χ4v) is 10.6. The number of hydrogen-bond donors (Lipinski definition) is 10. The Balaban J connectivity index is 0.000000177. The van der Waals surface area contributed by atoms with Gasteiger partial charge in [0.25, 0.3) is 0 Å². The van der Waals surface area contributed by atoms with Gasteiger partial charge in [-0.15, -0.1) is 0 Å². The number of nitrogen functional groups attached to an aromatic ring is 1. The second-order valence-corrected chi connectivity index (χ2v) is 22.0. The molecule has 84 heavy (non-hydrogen) atoms. The van der Waals surface area contributed by atoms with Crippen LogP contribution in [0, 0.1) is 12.2 Å². The molecule has 11 N–H and O–H groups in total. The molecule has 0 radical (unpaired) electrons. The summed E-state index contributed by atoms with van der Waals surface area (Å²) in [6, 6.07) is 6.93. The number of ether oxygens (including phenoxy) is 4. The zero-order valence-electron chi connectivity index (χ0n) is 46.4. The molecule has 36 heteroatoms. The highest BCUT2D eigenvalue weighted by atomic mass is 31.2. The second kappa shape index (κ2) is 24.8. The number of rotatable bonds is 17. The number of para-hydroxylation sites is 1. The number of aliphatic hydroxyl groups is 5. The third-order valence-corrected chi connectivity index (χ3v) is 15.3. The number of aliphatic hydroxyl groups excluding tert-OH is 5. The van der Waals surface area contributed by atoms with Crippen LogP contribution >= 0.6 is 7.75 Å². The van der Waals surface area contributed by atoms with E-state index in [1.54, 1.807) is 39.1 Å². The number of hydrogen-bond acceptors (Lipinski definition) is 26. The lowest BCUT2D eigenvalue weighted by Gasteiger charge is -2.30. The second-order valence-electron chi connectivity index (χ2n) is 20.3. The summed E-state index contributed by atoms with van der Waals surface area (Å²) in [4.78, 5) is 47.2. The molecule has 3 fully saturated rings. The number of fused-ring (bicyclic) bond motifs is 3. The Hall–Kier alpha value is -7.18. The summed E-state index contributed by atoms with van der Waals surface area (Å²) < 4.78 is 122. The number of carbonyl (C=O) groups excluding carboxylic acids is 1. The monoisotopic (exact) mass is 1210 g/mol. The number of esters is 1. The number of carbonyl (C=O) groups is 1. The van der Waals surface area contributed by atoms with E-state index >= 15 is 4.39 Å². The number of nitrogens with zero attached hydrogens (tertiary/aromatic N) is 12. The minimum absolute atomic E-state index is 0.00234. The van der Waals surface area contributed by atoms with Crippen LogP contribution in [0.15, 0.2) is 49.3 Å². The molecule has 0 spiro atoms. The lowest BCUT2D eigenvalue weighted by Crippen LogP contribution is -2.44. The molecule has 0 aliphatic carbocycles. The van der Waals surface area contributed by atoms with Gasteiger partial charge in [-0.05, 0) is 53.7 Å². The van der Waals surface area contributed by atoms with E-state index in [1.165, 1.54) is 82.0 Å². The van der Waals surface area contributed by atoms with Crippen LogP contribution in [0.25, 0.3) is 33.5 Å². The minimum Gasteiger partial charge on any atom is -0.462 e. The lowest BCUT2D eigenvalue weighted by atomic mass is 9.99. The molecule has 14 atom stereocenters. The molecule has 9 heterocycles. The van der Waals surface area contributed by atoms with Crippen molar-refractivity contribution in [3.63, 3.8) is 0 Å². The van der Waals surface area contributed by atoms with Crippen LogP contribution in [-0.2, 0) is 32.8 Å². The summed E-state index contributed by atoms with van der Waals surface area (Å²) in [5, 5.41) is 60.0. The Morgan fingerprint density at radius 1 is 0.667 bits per heavy atom. The van der Waals surface area contributed by atoms with E-state index in [1.807, 2.05) is 0 Å². The van der Waals surface area contributed by atoms with Gasteiger partial charge < -0.3 is 70.7 Å². The molecular weight excluding hydrogens is 1150 g/mol. The van der Waals surface area contributed by atoms with Gasteiger partial charge >= 0.3 is 25.9 Å². The van der Waals surface area contributed by atoms with E-state index in [0.717, 1.165) is 4.57 Å². The van der Waals surface area contributed by atoms with Crippen LogP contribution < -0.4 is 31.3 Å². The predicted molar refractivity (Wildman–Crippen MR) is 286 cm³/mol. The average molecular weight is 1210 g/mol. The topological polar surface area (TPSA) is 396 Å². The Morgan fingerprint density at radius 2 is 1.06 bits per heavy atom. The molecule has 0 bridgehead atoms. The van der Waals surface area contributed by atoms with Crippen molar-refractivity contribution in [3.05, 3.63) is 61.5 Å². The SMILES string of the molecule is CNc1nc(F)nc2c1ncn2[C@@H]1O[C@](C)(CO)[C@@H](O)[C@H]1F.CNc1nc(F)nc2c1ncn2[C@@H]1O[C@](C)(CO[P@@](=O)(N[C@@H](C)C(=O)OC(C)C)Oc2ccccc2)[C@@H](O)[C@H]1F.CNc1nc(N)nc2c1ncn2[C@@H]1O[C@](C)(CO)[C@@H](O)[C@H]1F. The summed E-state index contributed by atoms with van der Waals surface area (Å²) in [6.45, 7) is 7.19. The standard InChI is InChI=1S/C24H31F2N6O7P.C12H15F2N5O3.C12H17FN6O3/c1-13(2)37-22(34)14(3)31-40(35,39-15-9-7-6-8-10-15)36-11-24(4)18(33)16(25)21(38-24)32-12-28-17-19(27-5)29-23(26)30-20(17)32;2*1-12(3-20)7(21)5(13)10(22-12)19-4-16-6-8(15-2)17-11(14)18-9(6)19/h6-10,12-14,16,18,21,33H,11H2,1-5H3,(H,31,35)(H,27,29,30);4-5,7,10,20-21H,3H2,1-2H3,(H,15,17,18);4-5,7,10,20-21H,3H2,1-2H3,(H3,14,15,17,18)/t14-,16+,18-,21+,24+,40-;2*5-,7+,10-,12-/m011/s1. The number of halogens is 5. The van der Waals surface area contributed by atoms with Crippen molar-refractivity contribution < 1.29 is 84.8 Å². The number of nitrogens with one attached hydrogen (secondary N) is 4. The van der Waals surface area contributed by atoms with E-state index in [9.17, 15) is 52.5 Å². The molecule has 0 unspecified atom stereocenters. The van der Waals surface area contributed by atoms with Crippen molar-refractivity contribution >= 4 is 70.6 Å². The van der Waals surface area contributed by atoms with Gasteiger partial charge in [-0.25, -0.2) is 32.7 Å². The summed E-state index contributed by atoms with van der Waals surface area (Å²) in [5.74, 6) is 0.0908. The zero-order valence-corrected chi connectivity index (χ0v) is 47.3. The number of alkyl halides is 3. The first kappa shape index (κ1) is 62.9. The van der Waals surface area contributed by atoms with Gasteiger partial charge in [0.15, 0.2) is 88.1 Å². The van der Waals surface area contributed by atoms with Crippen molar-refractivity contribution in [2.45, 2.75) is 126 Å². The van der Waals surface area contributed by atoms with Crippen LogP contribution in [-0.4, -0.2) is 197 Å².